The quantitative estimate of drug-likeness (QED) is 0.925. The van der Waals surface area contributed by atoms with Gasteiger partial charge >= 0.3 is 0 Å². The molecular weight excluding hydrogens is 260 g/mol. The van der Waals surface area contributed by atoms with Crippen molar-refractivity contribution >= 4 is 5.69 Å². The van der Waals surface area contributed by atoms with E-state index in [1.54, 1.807) is 0 Å². The molecule has 2 fully saturated rings. The van der Waals surface area contributed by atoms with Crippen LogP contribution in [0.15, 0.2) is 12.4 Å². The number of nitrogens with zero attached hydrogens (tertiary/aromatic N) is 3. The van der Waals surface area contributed by atoms with Crippen molar-refractivity contribution in [3.05, 3.63) is 12.4 Å². The van der Waals surface area contributed by atoms with E-state index in [2.05, 4.69) is 41.6 Å². The molecule has 2 heterocycles. The Balaban J connectivity index is 1.71. The van der Waals surface area contributed by atoms with Crippen LogP contribution >= 0.6 is 0 Å². The predicted octanol–water partition coefficient (Wildman–Crippen LogP) is 3.04. The average molecular weight is 290 g/mol. The van der Waals surface area contributed by atoms with Crippen molar-refractivity contribution in [3.8, 4) is 0 Å². The molecule has 0 amide bonds. The highest BCUT2D eigenvalue weighted by atomic mass is 15.3. The van der Waals surface area contributed by atoms with Crippen LogP contribution in [0.5, 0.6) is 0 Å². The van der Waals surface area contributed by atoms with Gasteiger partial charge in [0.25, 0.3) is 0 Å². The number of aryl methyl sites for hydroxylation is 1. The van der Waals surface area contributed by atoms with E-state index in [9.17, 15) is 0 Å². The largest absolute Gasteiger partial charge is 0.363 e. The van der Waals surface area contributed by atoms with Crippen LogP contribution in [0.3, 0.4) is 0 Å². The highest BCUT2D eigenvalue weighted by molar-refractivity contribution is 5.45. The molecule has 21 heavy (non-hydrogen) atoms. The summed E-state index contributed by atoms with van der Waals surface area (Å²) in [5, 5.41) is 8.31. The first-order valence-corrected chi connectivity index (χ1v) is 8.84. The highest BCUT2D eigenvalue weighted by Crippen LogP contribution is 2.30. The standard InChI is InChI=1S/C17H30N4/c1-3-15-10-18-17(14-8-6-5-7-9-14)13-21(15)16-11-19-20(4-2)12-16/h11-12,14-15,17-18H,3-10,13H2,1-2H3. The second-order valence-electron chi connectivity index (χ2n) is 6.68. The van der Waals surface area contributed by atoms with Gasteiger partial charge in [-0.05, 0) is 32.1 Å². The molecular formula is C17H30N4. The summed E-state index contributed by atoms with van der Waals surface area (Å²) in [6.45, 7) is 7.67. The number of hydrogen-bond donors (Lipinski definition) is 1. The number of aromatic nitrogens is 2. The van der Waals surface area contributed by atoms with Gasteiger partial charge in [-0.1, -0.05) is 26.2 Å². The molecule has 2 aliphatic rings. The van der Waals surface area contributed by atoms with E-state index in [1.807, 2.05) is 4.68 Å². The molecule has 118 valence electrons. The molecule has 1 aromatic heterocycles. The Hall–Kier alpha value is -1.03. The van der Waals surface area contributed by atoms with Crippen molar-refractivity contribution in [2.24, 2.45) is 5.92 Å². The van der Waals surface area contributed by atoms with Crippen LogP contribution in [0.25, 0.3) is 0 Å². The monoisotopic (exact) mass is 290 g/mol. The van der Waals surface area contributed by atoms with Crippen molar-refractivity contribution in [1.29, 1.82) is 0 Å². The molecule has 0 spiro atoms. The minimum atomic E-state index is 0.611. The van der Waals surface area contributed by atoms with Crippen molar-refractivity contribution in [1.82, 2.24) is 15.1 Å². The smallest absolute Gasteiger partial charge is 0.0755 e. The van der Waals surface area contributed by atoms with Gasteiger partial charge in [0.05, 0.1) is 11.9 Å². The molecule has 4 heteroatoms. The van der Waals surface area contributed by atoms with Gasteiger partial charge in [-0.25, -0.2) is 0 Å². The van der Waals surface area contributed by atoms with Crippen LogP contribution in [-0.2, 0) is 6.54 Å². The summed E-state index contributed by atoms with van der Waals surface area (Å²) in [7, 11) is 0. The number of anilines is 1. The first kappa shape index (κ1) is 14.9. The van der Waals surface area contributed by atoms with E-state index in [-0.39, 0.29) is 0 Å². The number of piperazine rings is 1. The van der Waals surface area contributed by atoms with Gasteiger partial charge in [0, 0.05) is 37.9 Å². The average Bonchev–Trinajstić information content (AvgIpc) is 3.04. The lowest BCUT2D eigenvalue weighted by molar-refractivity contribution is 0.240. The topological polar surface area (TPSA) is 33.1 Å². The summed E-state index contributed by atoms with van der Waals surface area (Å²) in [5.41, 5.74) is 1.31. The number of nitrogens with one attached hydrogen (secondary N) is 1. The molecule has 0 radical (unpaired) electrons. The Labute approximate surface area is 128 Å². The maximum atomic E-state index is 4.47. The summed E-state index contributed by atoms with van der Waals surface area (Å²) < 4.78 is 2.04. The second-order valence-corrected chi connectivity index (χ2v) is 6.68. The third-order valence-corrected chi connectivity index (χ3v) is 5.42. The maximum Gasteiger partial charge on any atom is 0.0755 e. The molecule has 2 unspecified atom stereocenters. The minimum Gasteiger partial charge on any atom is -0.363 e. The Morgan fingerprint density at radius 2 is 2.05 bits per heavy atom. The molecule has 3 rings (SSSR count). The Kier molecular flexibility index (Phi) is 4.84. The van der Waals surface area contributed by atoms with Crippen LogP contribution in [0.2, 0.25) is 0 Å². The first-order valence-electron chi connectivity index (χ1n) is 8.84. The Morgan fingerprint density at radius 3 is 2.71 bits per heavy atom. The van der Waals surface area contributed by atoms with Crippen molar-refractivity contribution < 1.29 is 0 Å². The zero-order valence-electron chi connectivity index (χ0n) is 13.6. The van der Waals surface area contributed by atoms with Gasteiger partial charge in [0.15, 0.2) is 0 Å². The fraction of sp³-hybridized carbons (Fsp3) is 0.824. The molecule has 1 aromatic rings. The summed E-state index contributed by atoms with van der Waals surface area (Å²) in [5.74, 6) is 0.875. The van der Waals surface area contributed by atoms with Crippen molar-refractivity contribution in [2.75, 3.05) is 18.0 Å². The molecule has 0 bridgehead atoms. The molecule has 1 aliphatic heterocycles. The highest BCUT2D eigenvalue weighted by Gasteiger charge is 2.32. The number of hydrogen-bond acceptors (Lipinski definition) is 3. The van der Waals surface area contributed by atoms with Gasteiger partial charge < -0.3 is 10.2 Å². The van der Waals surface area contributed by atoms with Gasteiger partial charge in [0.1, 0.15) is 0 Å². The van der Waals surface area contributed by atoms with E-state index in [4.69, 9.17) is 0 Å². The van der Waals surface area contributed by atoms with Crippen LogP contribution in [0.4, 0.5) is 5.69 Å². The van der Waals surface area contributed by atoms with Crippen LogP contribution < -0.4 is 10.2 Å². The molecule has 2 atom stereocenters. The molecule has 1 N–H and O–H groups in total. The fourth-order valence-corrected chi connectivity index (χ4v) is 4.03. The molecule has 0 aromatic carbocycles. The number of rotatable bonds is 4. The first-order chi connectivity index (χ1) is 10.3. The van der Waals surface area contributed by atoms with Gasteiger partial charge in [-0.15, -0.1) is 0 Å². The van der Waals surface area contributed by atoms with E-state index in [1.165, 1.54) is 44.2 Å². The summed E-state index contributed by atoms with van der Waals surface area (Å²) in [6.07, 6.45) is 12.6. The molecule has 1 saturated heterocycles. The third kappa shape index (κ3) is 3.25. The summed E-state index contributed by atoms with van der Waals surface area (Å²) in [4.78, 5) is 2.61. The zero-order chi connectivity index (χ0) is 14.7. The lowest BCUT2D eigenvalue weighted by atomic mass is 9.82. The lowest BCUT2D eigenvalue weighted by Gasteiger charge is -2.44. The Morgan fingerprint density at radius 1 is 1.24 bits per heavy atom. The van der Waals surface area contributed by atoms with Crippen molar-refractivity contribution in [2.45, 2.75) is 71.0 Å². The van der Waals surface area contributed by atoms with E-state index < -0.39 is 0 Å². The normalized spacial score (nSPS) is 28.0. The lowest BCUT2D eigenvalue weighted by Crippen LogP contribution is -2.59. The van der Waals surface area contributed by atoms with Crippen molar-refractivity contribution in [3.63, 3.8) is 0 Å². The van der Waals surface area contributed by atoms with Gasteiger partial charge in [0.2, 0.25) is 0 Å². The van der Waals surface area contributed by atoms with E-state index in [0.717, 1.165) is 25.6 Å². The van der Waals surface area contributed by atoms with E-state index in [0.29, 0.717) is 12.1 Å². The van der Waals surface area contributed by atoms with E-state index >= 15 is 0 Å². The summed E-state index contributed by atoms with van der Waals surface area (Å²) >= 11 is 0. The minimum absolute atomic E-state index is 0.611. The third-order valence-electron chi connectivity index (χ3n) is 5.42. The predicted molar refractivity (Wildman–Crippen MR) is 87.7 cm³/mol. The maximum absolute atomic E-state index is 4.47. The van der Waals surface area contributed by atoms with Gasteiger partial charge in [-0.3, -0.25) is 4.68 Å². The van der Waals surface area contributed by atoms with Crippen LogP contribution in [0, 0.1) is 5.92 Å². The summed E-state index contributed by atoms with van der Waals surface area (Å²) in [6, 6.07) is 1.28. The molecule has 1 aliphatic carbocycles. The second kappa shape index (κ2) is 6.82. The molecule has 4 nitrogen and oxygen atoms in total. The zero-order valence-corrected chi connectivity index (χ0v) is 13.6. The Bertz CT molecular complexity index is 436. The fourth-order valence-electron chi connectivity index (χ4n) is 4.03. The SMILES string of the molecule is CCC1CNC(C2CCCCC2)CN1c1cnn(CC)c1. The van der Waals surface area contributed by atoms with Crippen LogP contribution in [-0.4, -0.2) is 35.0 Å². The van der Waals surface area contributed by atoms with Crippen LogP contribution in [0.1, 0.15) is 52.4 Å². The molecule has 1 saturated carbocycles. The van der Waals surface area contributed by atoms with Gasteiger partial charge in [-0.2, -0.15) is 5.10 Å².